The van der Waals surface area contributed by atoms with E-state index in [1.54, 1.807) is 18.8 Å². The van der Waals surface area contributed by atoms with Crippen molar-refractivity contribution in [3.63, 3.8) is 0 Å². The lowest BCUT2D eigenvalue weighted by Crippen LogP contribution is -2.27. The quantitative estimate of drug-likeness (QED) is 0.281. The van der Waals surface area contributed by atoms with Gasteiger partial charge in [0.2, 0.25) is 6.41 Å². The van der Waals surface area contributed by atoms with Gasteiger partial charge in [-0.05, 0) is 26.9 Å². The molecule has 0 aliphatic carbocycles. The largest absolute Gasteiger partial charge is 0.296 e. The van der Waals surface area contributed by atoms with Gasteiger partial charge in [-0.1, -0.05) is 37.6 Å². The van der Waals surface area contributed by atoms with Crippen molar-refractivity contribution >= 4 is 34.3 Å². The Morgan fingerprint density at radius 2 is 1.77 bits per heavy atom. The smallest absolute Gasteiger partial charge is 0.278 e. The molecule has 0 N–H and O–H groups in total. The molecule has 22 heavy (non-hydrogen) atoms. The average Bonchev–Trinajstić information content (AvgIpc) is 2.41. The Morgan fingerprint density at radius 3 is 2.23 bits per heavy atom. The van der Waals surface area contributed by atoms with E-state index in [2.05, 4.69) is 6.92 Å². The van der Waals surface area contributed by atoms with Crippen molar-refractivity contribution in [2.45, 2.75) is 39.0 Å². The fourth-order valence-corrected chi connectivity index (χ4v) is 7.03. The molecule has 0 rings (SSSR count). The first-order valence-corrected chi connectivity index (χ1v) is 12.8. The Morgan fingerprint density at radius 1 is 1.14 bits per heavy atom. The molecule has 0 aliphatic heterocycles. The number of unbranched alkanes of at least 4 members (excludes halogenated alkanes) is 3. The molecule has 0 fully saturated rings. The molecular weight excluding hydrogens is 343 g/mol. The Labute approximate surface area is 139 Å². The maximum atomic E-state index is 13.1. The normalized spacial score (nSPS) is 14.8. The predicted octanol–water partition coefficient (Wildman–Crippen LogP) is 2.86. The van der Waals surface area contributed by atoms with E-state index in [1.165, 1.54) is 16.1 Å². The highest BCUT2D eigenvalue weighted by Gasteiger charge is 2.32. The van der Waals surface area contributed by atoms with E-state index < -0.39 is 16.5 Å². The van der Waals surface area contributed by atoms with Gasteiger partial charge in [0.15, 0.2) is 0 Å². The fraction of sp³-hybridized carbons (Fsp3) is 0.923. The zero-order valence-corrected chi connectivity index (χ0v) is 16.6. The second-order valence-corrected chi connectivity index (χ2v) is 12.9. The number of hydrogen-bond acceptors (Lipinski definition) is 5. The fourth-order valence-electron chi connectivity index (χ4n) is 1.86. The van der Waals surface area contributed by atoms with Crippen LogP contribution in [-0.4, -0.2) is 62.6 Å². The highest BCUT2D eigenvalue weighted by atomic mass is 32.7. The molecule has 1 amide bonds. The third kappa shape index (κ3) is 8.56. The van der Waals surface area contributed by atoms with Crippen LogP contribution in [0.15, 0.2) is 0 Å². The van der Waals surface area contributed by atoms with Crippen molar-refractivity contribution in [1.82, 2.24) is 9.34 Å². The van der Waals surface area contributed by atoms with Crippen molar-refractivity contribution in [3.8, 4) is 0 Å². The summed E-state index contributed by atoms with van der Waals surface area (Å²) in [5, 5.41) is 0. The minimum absolute atomic E-state index is 0.00800. The van der Waals surface area contributed by atoms with Crippen LogP contribution in [0.1, 0.15) is 39.0 Å². The van der Waals surface area contributed by atoms with Crippen molar-refractivity contribution in [1.29, 1.82) is 0 Å². The molecule has 0 bridgehead atoms. The van der Waals surface area contributed by atoms with Crippen molar-refractivity contribution < 1.29 is 17.8 Å². The van der Waals surface area contributed by atoms with Crippen LogP contribution in [0.3, 0.4) is 0 Å². The minimum atomic E-state index is -3.07. The first-order valence-electron chi connectivity index (χ1n) is 7.50. The monoisotopic (exact) mass is 372 g/mol. The van der Waals surface area contributed by atoms with Crippen LogP contribution in [0.4, 0.5) is 0 Å². The SMILES string of the molecule is CCCCCCSP(=O)(N(C)C)N(C=O)CCCS(C)(=O)=O. The zero-order chi connectivity index (χ0) is 17.2. The molecule has 0 saturated carbocycles. The molecule has 0 aromatic rings. The average molecular weight is 372 g/mol. The molecule has 1 unspecified atom stereocenters. The summed E-state index contributed by atoms with van der Waals surface area (Å²) in [5.74, 6) is 0.720. The number of carbonyl (C=O) groups is 1. The Hall–Kier alpha value is -0.0400. The van der Waals surface area contributed by atoms with Gasteiger partial charge in [-0.25, -0.2) is 13.1 Å². The molecule has 0 heterocycles. The lowest BCUT2D eigenvalue weighted by atomic mass is 10.2. The molecule has 0 aromatic carbocycles. The Bertz CT molecular complexity index is 469. The zero-order valence-electron chi connectivity index (χ0n) is 14.0. The van der Waals surface area contributed by atoms with E-state index in [1.807, 2.05) is 0 Å². The molecule has 0 radical (unpaired) electrons. The lowest BCUT2D eigenvalue weighted by Gasteiger charge is -2.32. The lowest BCUT2D eigenvalue weighted by molar-refractivity contribution is -0.114. The Balaban J connectivity index is 4.64. The summed E-state index contributed by atoms with van der Waals surface area (Å²) in [6.45, 7) is -0.690. The molecule has 0 spiro atoms. The van der Waals surface area contributed by atoms with Crippen LogP contribution in [0.5, 0.6) is 0 Å². The highest BCUT2D eigenvalue weighted by Crippen LogP contribution is 2.62. The summed E-state index contributed by atoms with van der Waals surface area (Å²) < 4.78 is 38.2. The van der Waals surface area contributed by atoms with Crippen LogP contribution in [0.25, 0.3) is 0 Å². The third-order valence-electron chi connectivity index (χ3n) is 3.11. The van der Waals surface area contributed by atoms with Gasteiger partial charge in [-0.15, -0.1) is 0 Å². The predicted molar refractivity (Wildman–Crippen MR) is 95.0 cm³/mol. The van der Waals surface area contributed by atoms with Crippen LogP contribution >= 0.6 is 18.0 Å². The molecule has 9 heteroatoms. The molecule has 1 atom stereocenters. The van der Waals surface area contributed by atoms with Gasteiger partial charge >= 0.3 is 0 Å². The number of hydrogen-bond donors (Lipinski definition) is 0. The van der Waals surface area contributed by atoms with Crippen molar-refractivity contribution in [3.05, 3.63) is 0 Å². The molecule has 0 aliphatic rings. The van der Waals surface area contributed by atoms with Gasteiger partial charge in [0.25, 0.3) is 6.65 Å². The van der Waals surface area contributed by atoms with E-state index in [9.17, 15) is 17.8 Å². The van der Waals surface area contributed by atoms with Gasteiger partial charge in [0.05, 0.1) is 5.75 Å². The second-order valence-electron chi connectivity index (χ2n) is 5.48. The van der Waals surface area contributed by atoms with E-state index >= 15 is 0 Å². The van der Waals surface area contributed by atoms with Crippen LogP contribution in [-0.2, 0) is 19.2 Å². The van der Waals surface area contributed by atoms with Gasteiger partial charge in [0, 0.05) is 18.6 Å². The Kier molecular flexibility index (Phi) is 10.7. The number of nitrogens with zero attached hydrogens (tertiary/aromatic N) is 2. The van der Waals surface area contributed by atoms with E-state index in [-0.39, 0.29) is 12.3 Å². The highest BCUT2D eigenvalue weighted by molar-refractivity contribution is 8.56. The summed E-state index contributed by atoms with van der Waals surface area (Å²) in [5.41, 5.74) is 0. The summed E-state index contributed by atoms with van der Waals surface area (Å²) in [6, 6.07) is 0. The van der Waals surface area contributed by atoms with Crippen molar-refractivity contribution in [2.24, 2.45) is 0 Å². The molecule has 6 nitrogen and oxygen atoms in total. The molecule has 0 saturated heterocycles. The maximum Gasteiger partial charge on any atom is 0.296 e. The van der Waals surface area contributed by atoms with E-state index in [4.69, 9.17) is 0 Å². The first kappa shape index (κ1) is 22.0. The minimum Gasteiger partial charge on any atom is -0.278 e. The van der Waals surface area contributed by atoms with Gasteiger partial charge in [-0.2, -0.15) is 0 Å². The standard InChI is InChI=1S/C13H29N2O4PS2/c1-5-6-7-8-11-21-20(17,14(2)3)15(13-16)10-9-12-22(4,18)19/h13H,5-12H2,1-4H3. The van der Waals surface area contributed by atoms with E-state index in [0.29, 0.717) is 12.8 Å². The summed E-state index contributed by atoms with van der Waals surface area (Å²) in [6.07, 6.45) is 6.37. The third-order valence-corrected chi connectivity index (χ3v) is 10.1. The van der Waals surface area contributed by atoms with Crippen LogP contribution < -0.4 is 0 Å². The topological polar surface area (TPSA) is 74.8 Å². The summed E-state index contributed by atoms with van der Waals surface area (Å²) >= 11 is 1.30. The van der Waals surface area contributed by atoms with Gasteiger partial charge < -0.3 is 0 Å². The number of rotatable bonds is 13. The molecule has 0 aromatic heterocycles. The summed E-state index contributed by atoms with van der Waals surface area (Å²) in [7, 11) is 0.301. The van der Waals surface area contributed by atoms with Gasteiger partial charge in [-0.3, -0.25) is 14.0 Å². The maximum absolute atomic E-state index is 13.1. The molecule has 132 valence electrons. The number of carbonyl (C=O) groups excluding carboxylic acids is 1. The van der Waals surface area contributed by atoms with E-state index in [0.717, 1.165) is 37.7 Å². The van der Waals surface area contributed by atoms with Crippen LogP contribution in [0, 0.1) is 0 Å². The number of sulfone groups is 1. The van der Waals surface area contributed by atoms with Crippen molar-refractivity contribution in [2.75, 3.05) is 38.4 Å². The van der Waals surface area contributed by atoms with Gasteiger partial charge in [0.1, 0.15) is 9.84 Å². The first-order chi connectivity index (χ1) is 10.2. The number of amides is 1. The van der Waals surface area contributed by atoms with Crippen LogP contribution in [0.2, 0.25) is 0 Å². The second kappa shape index (κ2) is 10.7. The molecular formula is C13H29N2O4PS2. The summed E-state index contributed by atoms with van der Waals surface area (Å²) in [4.78, 5) is 11.3.